The monoisotopic (exact) mass is 239 g/mol. The largest absolute Gasteiger partial charge is 0.417 e. The predicted octanol–water partition coefficient (Wildman–Crippen LogP) is 2.74. The van der Waals surface area contributed by atoms with Crippen LogP contribution in [0.2, 0.25) is 0 Å². The first-order chi connectivity index (χ1) is 7.98. The number of nitrogen functional groups attached to an aromatic ring is 1. The smallest absolute Gasteiger partial charge is 0.368 e. The van der Waals surface area contributed by atoms with Crippen molar-refractivity contribution < 1.29 is 13.2 Å². The molecule has 2 rings (SSSR count). The molecule has 0 spiro atoms. The minimum Gasteiger partial charge on any atom is -0.368 e. The first-order valence-corrected chi connectivity index (χ1v) is 4.72. The predicted molar refractivity (Wildman–Crippen MR) is 56.9 cm³/mol. The van der Waals surface area contributed by atoms with E-state index < -0.39 is 11.7 Å². The van der Waals surface area contributed by atoms with Crippen LogP contribution in [0.15, 0.2) is 36.7 Å². The molecule has 1 aromatic heterocycles. The molecule has 88 valence electrons. The molecule has 2 aromatic rings. The molecule has 0 aliphatic heterocycles. The first-order valence-electron chi connectivity index (χ1n) is 4.72. The van der Waals surface area contributed by atoms with E-state index in [1.165, 1.54) is 30.6 Å². The molecule has 3 nitrogen and oxygen atoms in total. The van der Waals surface area contributed by atoms with Gasteiger partial charge in [0.15, 0.2) is 0 Å². The summed E-state index contributed by atoms with van der Waals surface area (Å²) in [5.74, 6) is 0.0261. The molecule has 1 aromatic carbocycles. The lowest BCUT2D eigenvalue weighted by Gasteiger charge is -2.12. The molecule has 2 N–H and O–H groups in total. The van der Waals surface area contributed by atoms with Gasteiger partial charge in [-0.05, 0) is 11.6 Å². The number of alkyl halides is 3. The van der Waals surface area contributed by atoms with Crippen molar-refractivity contribution in [2.45, 2.75) is 6.18 Å². The number of nitrogens with zero attached hydrogens (tertiary/aromatic N) is 2. The summed E-state index contributed by atoms with van der Waals surface area (Å²) in [5, 5.41) is 0. The Bertz CT molecular complexity index is 520. The van der Waals surface area contributed by atoms with Crippen molar-refractivity contribution in [2.24, 2.45) is 0 Å². The second-order valence-corrected chi connectivity index (χ2v) is 3.37. The van der Waals surface area contributed by atoms with Crippen LogP contribution in [0, 0.1) is 0 Å². The van der Waals surface area contributed by atoms with E-state index in [9.17, 15) is 13.2 Å². The maximum atomic E-state index is 12.7. The van der Waals surface area contributed by atoms with Crippen LogP contribution in [0.5, 0.6) is 0 Å². The fourth-order valence-electron chi connectivity index (χ4n) is 1.46. The fraction of sp³-hybridized carbons (Fsp3) is 0.0909. The van der Waals surface area contributed by atoms with Gasteiger partial charge in [0.25, 0.3) is 0 Å². The number of hydrogen-bond acceptors (Lipinski definition) is 3. The minimum absolute atomic E-state index is 0.0261. The lowest BCUT2D eigenvalue weighted by molar-refractivity contribution is -0.137. The fourth-order valence-corrected chi connectivity index (χ4v) is 1.46. The third kappa shape index (κ3) is 2.35. The molecule has 6 heteroatoms. The third-order valence-corrected chi connectivity index (χ3v) is 2.22. The Morgan fingerprint density at radius 1 is 1.00 bits per heavy atom. The number of nitrogens with two attached hydrogens (primary N) is 1. The summed E-state index contributed by atoms with van der Waals surface area (Å²) in [6.07, 6.45) is -1.86. The number of benzene rings is 1. The second-order valence-electron chi connectivity index (χ2n) is 3.37. The van der Waals surface area contributed by atoms with Crippen LogP contribution in [-0.2, 0) is 6.18 Å². The van der Waals surface area contributed by atoms with Crippen LogP contribution in [0.4, 0.5) is 19.1 Å². The maximum absolute atomic E-state index is 12.7. The highest BCUT2D eigenvalue weighted by Crippen LogP contribution is 2.36. The Morgan fingerprint density at radius 3 is 2.18 bits per heavy atom. The van der Waals surface area contributed by atoms with E-state index >= 15 is 0 Å². The number of halogens is 3. The van der Waals surface area contributed by atoms with Gasteiger partial charge in [-0.1, -0.05) is 18.2 Å². The lowest BCUT2D eigenvalue weighted by Crippen LogP contribution is -2.07. The maximum Gasteiger partial charge on any atom is 0.417 e. The van der Waals surface area contributed by atoms with Gasteiger partial charge in [0.2, 0.25) is 5.95 Å². The van der Waals surface area contributed by atoms with Crippen LogP contribution in [-0.4, -0.2) is 9.97 Å². The van der Waals surface area contributed by atoms with E-state index in [0.717, 1.165) is 6.07 Å². The van der Waals surface area contributed by atoms with Crippen LogP contribution in [0.25, 0.3) is 11.1 Å². The Balaban J connectivity index is 2.56. The van der Waals surface area contributed by atoms with Gasteiger partial charge in [-0.2, -0.15) is 13.2 Å². The normalized spacial score (nSPS) is 11.5. The average molecular weight is 239 g/mol. The summed E-state index contributed by atoms with van der Waals surface area (Å²) in [5.41, 5.74) is 4.90. The third-order valence-electron chi connectivity index (χ3n) is 2.22. The molecule has 1 heterocycles. The summed E-state index contributed by atoms with van der Waals surface area (Å²) in [7, 11) is 0. The van der Waals surface area contributed by atoms with Crippen molar-refractivity contribution >= 4 is 5.95 Å². The highest BCUT2D eigenvalue weighted by molar-refractivity contribution is 5.66. The molecule has 0 bridgehead atoms. The molecule has 17 heavy (non-hydrogen) atoms. The van der Waals surface area contributed by atoms with E-state index in [2.05, 4.69) is 9.97 Å². The summed E-state index contributed by atoms with van der Waals surface area (Å²) in [4.78, 5) is 7.36. The summed E-state index contributed by atoms with van der Waals surface area (Å²) in [6, 6.07) is 5.26. The van der Waals surface area contributed by atoms with Gasteiger partial charge in [-0.25, -0.2) is 9.97 Å². The topological polar surface area (TPSA) is 51.8 Å². The molecular weight excluding hydrogens is 231 g/mol. The highest BCUT2D eigenvalue weighted by atomic mass is 19.4. The van der Waals surface area contributed by atoms with Crippen LogP contribution >= 0.6 is 0 Å². The number of anilines is 1. The Morgan fingerprint density at radius 2 is 1.59 bits per heavy atom. The quantitative estimate of drug-likeness (QED) is 0.832. The van der Waals surface area contributed by atoms with E-state index in [-0.39, 0.29) is 17.1 Å². The molecule has 0 amide bonds. The molecule has 0 unspecified atom stereocenters. The van der Waals surface area contributed by atoms with Gasteiger partial charge in [0.1, 0.15) is 0 Å². The van der Waals surface area contributed by atoms with Crippen molar-refractivity contribution in [3.63, 3.8) is 0 Å². The van der Waals surface area contributed by atoms with Gasteiger partial charge in [0.05, 0.1) is 5.56 Å². The van der Waals surface area contributed by atoms with Gasteiger partial charge in [-0.15, -0.1) is 0 Å². The standard InChI is InChI=1S/C11H8F3N3/c12-11(13,14)9-4-2-1-3-8(9)7-5-16-10(15)17-6-7/h1-6H,(H2,15,16,17). The summed E-state index contributed by atoms with van der Waals surface area (Å²) >= 11 is 0. The SMILES string of the molecule is Nc1ncc(-c2ccccc2C(F)(F)F)cn1. The molecule has 0 aliphatic carbocycles. The Hall–Kier alpha value is -2.11. The van der Waals surface area contributed by atoms with E-state index in [1.54, 1.807) is 0 Å². The molecule has 0 fully saturated rings. The van der Waals surface area contributed by atoms with Gasteiger partial charge in [0, 0.05) is 18.0 Å². The molecule has 0 radical (unpaired) electrons. The van der Waals surface area contributed by atoms with Crippen LogP contribution in [0.3, 0.4) is 0 Å². The number of hydrogen-bond donors (Lipinski definition) is 1. The first kappa shape index (κ1) is 11.4. The summed E-state index contributed by atoms with van der Waals surface area (Å²) < 4.78 is 38.2. The van der Waals surface area contributed by atoms with E-state index in [0.29, 0.717) is 0 Å². The molecule has 0 saturated heterocycles. The van der Waals surface area contributed by atoms with Crippen molar-refractivity contribution in [1.82, 2.24) is 9.97 Å². The van der Waals surface area contributed by atoms with Crippen LogP contribution < -0.4 is 5.73 Å². The van der Waals surface area contributed by atoms with Gasteiger partial charge >= 0.3 is 6.18 Å². The molecule has 0 saturated carbocycles. The van der Waals surface area contributed by atoms with E-state index in [1.807, 2.05) is 0 Å². The van der Waals surface area contributed by atoms with E-state index in [4.69, 9.17) is 5.73 Å². The van der Waals surface area contributed by atoms with Crippen molar-refractivity contribution in [3.05, 3.63) is 42.2 Å². The second kappa shape index (κ2) is 4.04. The Labute approximate surface area is 95.1 Å². The number of aromatic nitrogens is 2. The zero-order valence-corrected chi connectivity index (χ0v) is 8.57. The minimum atomic E-state index is -4.40. The number of rotatable bonds is 1. The molecular formula is C11H8F3N3. The zero-order valence-electron chi connectivity index (χ0n) is 8.57. The van der Waals surface area contributed by atoms with Crippen molar-refractivity contribution in [1.29, 1.82) is 0 Å². The van der Waals surface area contributed by atoms with Gasteiger partial charge in [-0.3, -0.25) is 0 Å². The molecule has 0 atom stereocenters. The zero-order chi connectivity index (χ0) is 12.5. The van der Waals surface area contributed by atoms with Gasteiger partial charge < -0.3 is 5.73 Å². The highest BCUT2D eigenvalue weighted by Gasteiger charge is 2.33. The van der Waals surface area contributed by atoms with Crippen LogP contribution in [0.1, 0.15) is 5.56 Å². The lowest BCUT2D eigenvalue weighted by atomic mass is 10.0. The summed E-state index contributed by atoms with van der Waals surface area (Å²) in [6.45, 7) is 0. The Kier molecular flexibility index (Phi) is 2.71. The van der Waals surface area contributed by atoms with Crippen molar-refractivity contribution in [3.8, 4) is 11.1 Å². The van der Waals surface area contributed by atoms with Crippen molar-refractivity contribution in [2.75, 3.05) is 5.73 Å². The average Bonchev–Trinajstić information content (AvgIpc) is 2.29. The molecule has 0 aliphatic rings.